The largest absolute Gasteiger partial charge is 0.342 e. The highest BCUT2D eigenvalue weighted by Crippen LogP contribution is 1.95. The molecule has 0 aliphatic heterocycles. The lowest BCUT2D eigenvalue weighted by Crippen LogP contribution is -2.47. The molecule has 0 rings (SSSR count). The van der Waals surface area contributed by atoms with E-state index in [2.05, 4.69) is 5.32 Å². The Morgan fingerprint density at radius 1 is 1.43 bits per heavy atom. The van der Waals surface area contributed by atoms with E-state index in [1.54, 1.807) is 18.7 Å². The lowest BCUT2D eigenvalue weighted by atomic mass is 10.2. The van der Waals surface area contributed by atoms with E-state index < -0.39 is 0 Å². The molecule has 80 valence electrons. The van der Waals surface area contributed by atoms with Crippen LogP contribution in [0.3, 0.4) is 0 Å². The van der Waals surface area contributed by atoms with Crippen molar-refractivity contribution in [3.05, 3.63) is 0 Å². The fourth-order valence-corrected chi connectivity index (χ4v) is 1.29. The number of nitrogens with zero attached hydrogens (tertiary/aromatic N) is 2. The van der Waals surface area contributed by atoms with Crippen molar-refractivity contribution in [1.82, 2.24) is 10.2 Å². The molecule has 1 amide bonds. The molecule has 4 nitrogen and oxygen atoms in total. The molecule has 0 aromatic heterocycles. The molecule has 0 heterocycles. The van der Waals surface area contributed by atoms with Crippen LogP contribution in [0.25, 0.3) is 0 Å². The molecule has 0 radical (unpaired) electrons. The average molecular weight is 197 g/mol. The third-order valence-electron chi connectivity index (χ3n) is 2.14. The molecule has 1 N–H and O–H groups in total. The van der Waals surface area contributed by atoms with Gasteiger partial charge in [-0.1, -0.05) is 0 Å². The second-order valence-electron chi connectivity index (χ2n) is 3.25. The average Bonchev–Trinajstić information content (AvgIpc) is 2.19. The topological polar surface area (TPSA) is 56.1 Å². The molecule has 0 aromatic carbocycles. The summed E-state index contributed by atoms with van der Waals surface area (Å²) >= 11 is 0. The second-order valence-corrected chi connectivity index (χ2v) is 3.25. The Kier molecular flexibility index (Phi) is 5.89. The predicted molar refractivity (Wildman–Crippen MR) is 55.6 cm³/mol. The fourth-order valence-electron chi connectivity index (χ4n) is 1.29. The highest BCUT2D eigenvalue weighted by molar-refractivity contribution is 5.81. The summed E-state index contributed by atoms with van der Waals surface area (Å²) in [6, 6.07) is 1.47. The van der Waals surface area contributed by atoms with E-state index in [-0.39, 0.29) is 18.0 Å². The number of hydrogen-bond donors (Lipinski definition) is 1. The van der Waals surface area contributed by atoms with E-state index in [4.69, 9.17) is 5.26 Å². The quantitative estimate of drug-likeness (QED) is 0.707. The van der Waals surface area contributed by atoms with Crippen LogP contribution in [0.15, 0.2) is 0 Å². The summed E-state index contributed by atoms with van der Waals surface area (Å²) in [7, 11) is 0. The molecule has 0 bridgehead atoms. The molecule has 0 aliphatic carbocycles. The summed E-state index contributed by atoms with van der Waals surface area (Å²) in [5.74, 6) is 0.0529. The smallest absolute Gasteiger partial charge is 0.239 e. The molecule has 14 heavy (non-hydrogen) atoms. The van der Waals surface area contributed by atoms with Crippen molar-refractivity contribution in [2.75, 3.05) is 13.1 Å². The van der Waals surface area contributed by atoms with Crippen LogP contribution in [0.1, 0.15) is 27.7 Å². The summed E-state index contributed by atoms with van der Waals surface area (Å²) in [6.07, 6.45) is 0. The van der Waals surface area contributed by atoms with Crippen LogP contribution in [0, 0.1) is 11.3 Å². The molecule has 0 saturated heterocycles. The standard InChI is InChI=1S/C10H19N3O/c1-5-13(6-2)10(14)9(4)12-8(3)7-11/h8-9,12H,5-6H2,1-4H3. The minimum absolute atomic E-state index is 0.0529. The van der Waals surface area contributed by atoms with Crippen LogP contribution in [-0.4, -0.2) is 36.0 Å². The Bertz CT molecular complexity index is 218. The third kappa shape index (κ3) is 3.75. The predicted octanol–water partition coefficient (Wildman–Crippen LogP) is 0.745. The first-order valence-corrected chi connectivity index (χ1v) is 5.01. The summed E-state index contributed by atoms with van der Waals surface area (Å²) in [5, 5.41) is 11.5. The highest BCUT2D eigenvalue weighted by Gasteiger charge is 2.18. The van der Waals surface area contributed by atoms with Crippen LogP contribution < -0.4 is 5.32 Å². The molecule has 0 aliphatic rings. The molecular weight excluding hydrogens is 178 g/mol. The number of likely N-dealkylation sites (N-methyl/N-ethyl adjacent to an activating group) is 1. The summed E-state index contributed by atoms with van der Waals surface area (Å²) < 4.78 is 0. The van der Waals surface area contributed by atoms with Gasteiger partial charge in [-0.25, -0.2) is 0 Å². The Morgan fingerprint density at radius 3 is 2.29 bits per heavy atom. The van der Waals surface area contributed by atoms with Crippen LogP contribution in [0.2, 0.25) is 0 Å². The van der Waals surface area contributed by atoms with Crippen LogP contribution >= 0.6 is 0 Å². The molecule has 0 fully saturated rings. The summed E-state index contributed by atoms with van der Waals surface area (Å²) in [6.45, 7) is 8.84. The van der Waals surface area contributed by atoms with Gasteiger partial charge in [0.15, 0.2) is 0 Å². The number of rotatable bonds is 5. The summed E-state index contributed by atoms with van der Waals surface area (Å²) in [5.41, 5.74) is 0. The minimum Gasteiger partial charge on any atom is -0.342 e. The maximum absolute atomic E-state index is 11.7. The van der Waals surface area contributed by atoms with Crippen molar-refractivity contribution in [3.8, 4) is 6.07 Å². The van der Waals surface area contributed by atoms with Crippen molar-refractivity contribution < 1.29 is 4.79 Å². The Balaban J connectivity index is 4.18. The van der Waals surface area contributed by atoms with Gasteiger partial charge in [0.2, 0.25) is 5.91 Å². The number of carbonyl (C=O) groups excluding carboxylic acids is 1. The van der Waals surface area contributed by atoms with Crippen molar-refractivity contribution in [1.29, 1.82) is 5.26 Å². The van der Waals surface area contributed by atoms with Gasteiger partial charge in [0.25, 0.3) is 0 Å². The number of amides is 1. The SMILES string of the molecule is CCN(CC)C(=O)C(C)NC(C)C#N. The molecule has 0 saturated carbocycles. The van der Waals surface area contributed by atoms with Gasteiger partial charge < -0.3 is 4.90 Å². The number of nitriles is 1. The zero-order chi connectivity index (χ0) is 11.1. The maximum atomic E-state index is 11.7. The van der Waals surface area contributed by atoms with Gasteiger partial charge in [-0.2, -0.15) is 5.26 Å². The van der Waals surface area contributed by atoms with Crippen molar-refractivity contribution >= 4 is 5.91 Å². The number of nitrogens with one attached hydrogen (secondary N) is 1. The van der Waals surface area contributed by atoms with Crippen LogP contribution in [0.4, 0.5) is 0 Å². The van der Waals surface area contributed by atoms with E-state index in [1.165, 1.54) is 0 Å². The monoisotopic (exact) mass is 197 g/mol. The number of hydrogen-bond acceptors (Lipinski definition) is 3. The van der Waals surface area contributed by atoms with Gasteiger partial charge in [-0.3, -0.25) is 10.1 Å². The first kappa shape index (κ1) is 12.9. The minimum atomic E-state index is -0.287. The van der Waals surface area contributed by atoms with Gasteiger partial charge in [-0.15, -0.1) is 0 Å². The van der Waals surface area contributed by atoms with Crippen molar-refractivity contribution in [2.24, 2.45) is 0 Å². The van der Waals surface area contributed by atoms with E-state index in [1.807, 2.05) is 19.9 Å². The second kappa shape index (κ2) is 6.39. The fraction of sp³-hybridized carbons (Fsp3) is 0.800. The van der Waals surface area contributed by atoms with Gasteiger partial charge in [0.1, 0.15) is 0 Å². The van der Waals surface area contributed by atoms with Gasteiger partial charge in [0, 0.05) is 13.1 Å². The van der Waals surface area contributed by atoms with Crippen LogP contribution in [-0.2, 0) is 4.79 Å². The molecular formula is C10H19N3O. The van der Waals surface area contributed by atoms with Gasteiger partial charge in [0.05, 0.1) is 18.2 Å². The normalized spacial score (nSPS) is 14.2. The lowest BCUT2D eigenvalue weighted by Gasteiger charge is -2.24. The molecule has 0 aromatic rings. The van der Waals surface area contributed by atoms with E-state index in [0.29, 0.717) is 13.1 Å². The van der Waals surface area contributed by atoms with Crippen molar-refractivity contribution in [3.63, 3.8) is 0 Å². The maximum Gasteiger partial charge on any atom is 0.239 e. The van der Waals surface area contributed by atoms with E-state index in [0.717, 1.165) is 0 Å². The molecule has 4 heteroatoms. The highest BCUT2D eigenvalue weighted by atomic mass is 16.2. The molecule has 2 atom stereocenters. The zero-order valence-electron chi connectivity index (χ0n) is 9.37. The van der Waals surface area contributed by atoms with Gasteiger partial charge in [-0.05, 0) is 27.7 Å². The van der Waals surface area contributed by atoms with Crippen LogP contribution in [0.5, 0.6) is 0 Å². The van der Waals surface area contributed by atoms with Gasteiger partial charge >= 0.3 is 0 Å². The zero-order valence-corrected chi connectivity index (χ0v) is 9.37. The third-order valence-corrected chi connectivity index (χ3v) is 2.14. The Morgan fingerprint density at radius 2 is 1.93 bits per heavy atom. The first-order valence-electron chi connectivity index (χ1n) is 5.01. The number of carbonyl (C=O) groups is 1. The summed E-state index contributed by atoms with van der Waals surface area (Å²) in [4.78, 5) is 13.5. The molecule has 2 unspecified atom stereocenters. The first-order chi connectivity index (χ1) is 6.56. The molecule has 0 spiro atoms. The lowest BCUT2D eigenvalue weighted by molar-refractivity contribution is -0.132. The van der Waals surface area contributed by atoms with E-state index in [9.17, 15) is 4.79 Å². The Hall–Kier alpha value is -1.08. The Labute approximate surface area is 85.9 Å². The van der Waals surface area contributed by atoms with E-state index >= 15 is 0 Å². The van der Waals surface area contributed by atoms with Crippen molar-refractivity contribution in [2.45, 2.75) is 39.8 Å².